The van der Waals surface area contributed by atoms with Crippen LogP contribution in [0.1, 0.15) is 11.3 Å². The standard InChI is InChI=1S/C15H18N4O4/c1-9-8-18(2)15(22)19(13(9)20)11-5-4-10(17-7-11)6-12(16)14(21)23-3/h4-5,7-8,12H,6,16H2,1-3H3/t12-/m0/s1. The fourth-order valence-electron chi connectivity index (χ4n) is 2.18. The Kier molecular flexibility index (Phi) is 4.75. The molecule has 0 spiro atoms. The van der Waals surface area contributed by atoms with E-state index in [2.05, 4.69) is 9.72 Å². The molecule has 0 bridgehead atoms. The van der Waals surface area contributed by atoms with Gasteiger partial charge >= 0.3 is 11.7 Å². The zero-order valence-corrected chi connectivity index (χ0v) is 13.1. The van der Waals surface area contributed by atoms with Crippen molar-refractivity contribution in [1.82, 2.24) is 14.1 Å². The van der Waals surface area contributed by atoms with Crippen molar-refractivity contribution in [3.8, 4) is 5.69 Å². The fraction of sp³-hybridized carbons (Fsp3) is 0.333. The van der Waals surface area contributed by atoms with Crippen LogP contribution in [0.25, 0.3) is 5.69 Å². The first-order chi connectivity index (χ1) is 10.8. The second kappa shape index (κ2) is 6.57. The monoisotopic (exact) mass is 318 g/mol. The Labute approximate surface area is 132 Å². The molecule has 23 heavy (non-hydrogen) atoms. The maximum atomic E-state index is 12.2. The number of hydrogen-bond donors (Lipinski definition) is 1. The molecule has 2 rings (SSSR count). The largest absolute Gasteiger partial charge is 0.468 e. The molecule has 0 aliphatic rings. The van der Waals surface area contributed by atoms with Gasteiger partial charge in [0.05, 0.1) is 19.0 Å². The summed E-state index contributed by atoms with van der Waals surface area (Å²) in [6, 6.07) is 2.40. The Morgan fingerprint density at radius 1 is 1.39 bits per heavy atom. The van der Waals surface area contributed by atoms with E-state index >= 15 is 0 Å². The average molecular weight is 318 g/mol. The zero-order valence-electron chi connectivity index (χ0n) is 13.1. The van der Waals surface area contributed by atoms with Crippen molar-refractivity contribution in [2.75, 3.05) is 7.11 Å². The van der Waals surface area contributed by atoms with Crippen molar-refractivity contribution in [2.24, 2.45) is 12.8 Å². The minimum absolute atomic E-state index is 0.202. The second-order valence-corrected chi connectivity index (χ2v) is 5.19. The van der Waals surface area contributed by atoms with Gasteiger partial charge in [0.25, 0.3) is 5.56 Å². The minimum Gasteiger partial charge on any atom is -0.468 e. The van der Waals surface area contributed by atoms with Crippen molar-refractivity contribution in [2.45, 2.75) is 19.4 Å². The van der Waals surface area contributed by atoms with Gasteiger partial charge in [-0.2, -0.15) is 0 Å². The van der Waals surface area contributed by atoms with Crippen LogP contribution < -0.4 is 17.0 Å². The molecular weight excluding hydrogens is 300 g/mol. The SMILES string of the molecule is COC(=O)[C@@H](N)Cc1ccc(-n2c(=O)c(C)cn(C)c2=O)cn1. The van der Waals surface area contributed by atoms with Gasteiger partial charge < -0.3 is 15.0 Å². The summed E-state index contributed by atoms with van der Waals surface area (Å²) in [6.07, 6.45) is 3.09. The normalized spacial score (nSPS) is 12.0. The van der Waals surface area contributed by atoms with Gasteiger partial charge in [0.15, 0.2) is 0 Å². The number of nitrogens with two attached hydrogens (primary N) is 1. The highest BCUT2D eigenvalue weighted by Gasteiger charge is 2.15. The van der Waals surface area contributed by atoms with Crippen molar-refractivity contribution >= 4 is 5.97 Å². The summed E-state index contributed by atoms with van der Waals surface area (Å²) >= 11 is 0. The summed E-state index contributed by atoms with van der Waals surface area (Å²) in [4.78, 5) is 39.8. The summed E-state index contributed by atoms with van der Waals surface area (Å²) < 4.78 is 6.93. The molecule has 0 aromatic carbocycles. The number of ether oxygens (including phenoxy) is 1. The molecule has 0 saturated heterocycles. The van der Waals surface area contributed by atoms with Crippen LogP contribution in [0.4, 0.5) is 0 Å². The zero-order chi connectivity index (χ0) is 17.1. The Hall–Kier alpha value is -2.74. The van der Waals surface area contributed by atoms with Crippen LogP contribution in [0.15, 0.2) is 34.1 Å². The number of rotatable bonds is 4. The van der Waals surface area contributed by atoms with Crippen LogP contribution in [0, 0.1) is 6.92 Å². The van der Waals surface area contributed by atoms with Crippen LogP contribution in [-0.4, -0.2) is 33.2 Å². The average Bonchev–Trinajstić information content (AvgIpc) is 2.54. The number of aromatic nitrogens is 3. The number of esters is 1. The van der Waals surface area contributed by atoms with Gasteiger partial charge in [0.1, 0.15) is 6.04 Å². The van der Waals surface area contributed by atoms with Gasteiger partial charge in [-0.1, -0.05) is 0 Å². The highest BCUT2D eigenvalue weighted by molar-refractivity contribution is 5.75. The molecule has 2 aromatic rings. The van der Waals surface area contributed by atoms with E-state index in [1.807, 2.05) is 0 Å². The quantitative estimate of drug-likeness (QED) is 0.745. The van der Waals surface area contributed by atoms with Gasteiger partial charge in [-0.3, -0.25) is 14.6 Å². The number of carbonyl (C=O) groups is 1. The first-order valence-electron chi connectivity index (χ1n) is 6.93. The number of carbonyl (C=O) groups excluding carboxylic acids is 1. The molecule has 0 aliphatic carbocycles. The number of hydrogen-bond acceptors (Lipinski definition) is 6. The molecule has 0 fully saturated rings. The first-order valence-corrected chi connectivity index (χ1v) is 6.93. The molecule has 0 saturated carbocycles. The number of pyridine rings is 1. The van der Waals surface area contributed by atoms with E-state index in [1.165, 1.54) is 24.1 Å². The number of nitrogens with zero attached hydrogens (tertiary/aromatic N) is 3. The third kappa shape index (κ3) is 3.37. The van der Waals surface area contributed by atoms with Crippen LogP contribution >= 0.6 is 0 Å². The fourth-order valence-corrected chi connectivity index (χ4v) is 2.18. The van der Waals surface area contributed by atoms with Crippen LogP contribution in [0.2, 0.25) is 0 Å². The van der Waals surface area contributed by atoms with E-state index in [1.54, 1.807) is 26.1 Å². The van der Waals surface area contributed by atoms with Crippen molar-refractivity contribution < 1.29 is 9.53 Å². The minimum atomic E-state index is -0.812. The molecule has 2 N–H and O–H groups in total. The highest BCUT2D eigenvalue weighted by atomic mass is 16.5. The smallest absolute Gasteiger partial charge is 0.335 e. The lowest BCUT2D eigenvalue weighted by molar-refractivity contribution is -0.142. The Morgan fingerprint density at radius 3 is 2.65 bits per heavy atom. The number of methoxy groups -OCH3 is 1. The molecule has 122 valence electrons. The Morgan fingerprint density at radius 2 is 2.09 bits per heavy atom. The summed E-state index contributed by atoms with van der Waals surface area (Å²) in [5.74, 6) is -0.528. The van der Waals surface area contributed by atoms with E-state index in [4.69, 9.17) is 5.73 Å². The van der Waals surface area contributed by atoms with E-state index < -0.39 is 23.3 Å². The molecule has 0 aliphatic heterocycles. The molecule has 8 heteroatoms. The van der Waals surface area contributed by atoms with Gasteiger partial charge in [-0.15, -0.1) is 0 Å². The topological polar surface area (TPSA) is 109 Å². The molecule has 0 radical (unpaired) electrons. The lowest BCUT2D eigenvalue weighted by Gasteiger charge is -2.10. The second-order valence-electron chi connectivity index (χ2n) is 5.19. The predicted molar refractivity (Wildman–Crippen MR) is 83.5 cm³/mol. The van der Waals surface area contributed by atoms with Crippen molar-refractivity contribution in [1.29, 1.82) is 0 Å². The van der Waals surface area contributed by atoms with Gasteiger partial charge in [-0.25, -0.2) is 9.36 Å². The van der Waals surface area contributed by atoms with E-state index in [9.17, 15) is 14.4 Å². The molecular formula is C15H18N4O4. The third-order valence-electron chi connectivity index (χ3n) is 3.42. The molecule has 2 aromatic heterocycles. The van der Waals surface area contributed by atoms with Crippen LogP contribution in [0.3, 0.4) is 0 Å². The van der Waals surface area contributed by atoms with E-state index in [-0.39, 0.29) is 6.42 Å². The summed E-state index contributed by atoms with van der Waals surface area (Å²) in [7, 11) is 2.83. The van der Waals surface area contributed by atoms with Gasteiger partial charge in [0.2, 0.25) is 0 Å². The van der Waals surface area contributed by atoms with Gasteiger partial charge in [0, 0.05) is 30.9 Å². The van der Waals surface area contributed by atoms with Crippen LogP contribution in [-0.2, 0) is 23.0 Å². The molecule has 1 atom stereocenters. The first kappa shape index (κ1) is 16.6. The van der Waals surface area contributed by atoms with E-state index in [0.29, 0.717) is 16.9 Å². The maximum absolute atomic E-state index is 12.2. The van der Waals surface area contributed by atoms with E-state index in [0.717, 1.165) is 4.57 Å². The molecule has 2 heterocycles. The summed E-state index contributed by atoms with van der Waals surface area (Å²) in [5, 5.41) is 0. The molecule has 0 unspecified atom stereocenters. The summed E-state index contributed by atoms with van der Waals surface area (Å²) in [5.41, 5.74) is 6.19. The predicted octanol–water partition coefficient (Wildman–Crippen LogP) is -0.718. The summed E-state index contributed by atoms with van der Waals surface area (Å²) in [6.45, 7) is 1.63. The van der Waals surface area contributed by atoms with Crippen molar-refractivity contribution in [3.05, 3.63) is 56.6 Å². The molecule has 8 nitrogen and oxygen atoms in total. The lowest BCUT2D eigenvalue weighted by atomic mass is 10.1. The Balaban J connectivity index is 2.36. The molecule has 0 amide bonds. The number of aryl methyl sites for hydroxylation is 2. The lowest BCUT2D eigenvalue weighted by Crippen LogP contribution is -2.38. The Bertz CT molecular complexity index is 802. The maximum Gasteiger partial charge on any atom is 0.335 e. The van der Waals surface area contributed by atoms with Gasteiger partial charge in [-0.05, 0) is 19.1 Å². The van der Waals surface area contributed by atoms with Crippen LogP contribution in [0.5, 0.6) is 0 Å². The highest BCUT2D eigenvalue weighted by Crippen LogP contribution is 2.05. The third-order valence-corrected chi connectivity index (χ3v) is 3.42. The van der Waals surface area contributed by atoms with Crippen molar-refractivity contribution in [3.63, 3.8) is 0 Å².